The number of sulfonamides is 1. The Kier molecular flexibility index (Phi) is 5.51. The molecule has 0 unspecified atom stereocenters. The van der Waals surface area contributed by atoms with Crippen molar-refractivity contribution < 1.29 is 13.2 Å². The average molecular weight is 367 g/mol. The van der Waals surface area contributed by atoms with E-state index in [0.29, 0.717) is 11.4 Å². The van der Waals surface area contributed by atoms with Gasteiger partial charge in [0.1, 0.15) is 0 Å². The molecule has 0 saturated carbocycles. The highest BCUT2D eigenvalue weighted by Gasteiger charge is 2.27. The lowest BCUT2D eigenvalue weighted by molar-refractivity contribution is -0.114. The smallest absolute Gasteiger partial charge is 0.264 e. The van der Waals surface area contributed by atoms with E-state index in [2.05, 4.69) is 5.32 Å². The second-order valence-electron chi connectivity index (χ2n) is 5.55. The zero-order valence-electron chi connectivity index (χ0n) is 13.7. The van der Waals surface area contributed by atoms with Gasteiger partial charge in [-0.15, -0.1) is 0 Å². The summed E-state index contributed by atoms with van der Waals surface area (Å²) in [5.74, 6) is -0.277. The van der Waals surface area contributed by atoms with E-state index in [1.807, 2.05) is 6.07 Å². The van der Waals surface area contributed by atoms with Crippen LogP contribution in [0.3, 0.4) is 0 Å². The number of carbonyl (C=O) groups excluding carboxylic acids is 1. The molecule has 0 fully saturated rings. The summed E-state index contributed by atoms with van der Waals surface area (Å²) in [4.78, 5) is 11.2. The summed E-state index contributed by atoms with van der Waals surface area (Å²) < 4.78 is 27.4. The molecule has 5 nitrogen and oxygen atoms in total. The Morgan fingerprint density at radius 1 is 1.12 bits per heavy atom. The number of nitrogens with zero attached hydrogens (tertiary/aromatic N) is 1. The molecule has 128 valence electrons. The van der Waals surface area contributed by atoms with Crippen LogP contribution in [0, 0.1) is 0 Å². The lowest BCUT2D eigenvalue weighted by atomic mass is 10.3. The van der Waals surface area contributed by atoms with Gasteiger partial charge in [-0.05, 0) is 44.2 Å². The quantitative estimate of drug-likeness (QED) is 0.872. The molecular formula is C17H19ClN2O3S. The fourth-order valence-electron chi connectivity index (χ4n) is 2.35. The molecule has 0 spiro atoms. The van der Waals surface area contributed by atoms with Gasteiger partial charge in [-0.3, -0.25) is 9.10 Å². The van der Waals surface area contributed by atoms with Gasteiger partial charge < -0.3 is 5.32 Å². The van der Waals surface area contributed by atoms with Crippen LogP contribution < -0.4 is 9.62 Å². The second kappa shape index (κ2) is 7.23. The van der Waals surface area contributed by atoms with Crippen molar-refractivity contribution in [2.24, 2.45) is 0 Å². The number of hydrogen-bond donors (Lipinski definition) is 1. The number of amides is 1. The molecule has 0 atom stereocenters. The number of carbonyl (C=O) groups is 1. The van der Waals surface area contributed by atoms with Gasteiger partial charge in [-0.1, -0.05) is 29.8 Å². The average Bonchev–Trinajstić information content (AvgIpc) is 2.49. The highest BCUT2D eigenvalue weighted by molar-refractivity contribution is 7.92. The third kappa shape index (κ3) is 3.88. The molecule has 1 amide bonds. The van der Waals surface area contributed by atoms with E-state index >= 15 is 0 Å². The predicted molar refractivity (Wildman–Crippen MR) is 97.0 cm³/mol. The second-order valence-corrected chi connectivity index (χ2v) is 7.78. The Bertz CT molecular complexity index is 836. The zero-order valence-corrected chi connectivity index (χ0v) is 15.2. The van der Waals surface area contributed by atoms with Crippen molar-refractivity contribution in [2.45, 2.75) is 31.7 Å². The van der Waals surface area contributed by atoms with Gasteiger partial charge in [0.2, 0.25) is 5.91 Å². The Morgan fingerprint density at radius 3 is 2.25 bits per heavy atom. The summed E-state index contributed by atoms with van der Waals surface area (Å²) in [6.07, 6.45) is 0. The number of anilines is 2. The lowest BCUT2D eigenvalue weighted by Gasteiger charge is -2.28. The van der Waals surface area contributed by atoms with Crippen LogP contribution in [0.1, 0.15) is 20.8 Å². The van der Waals surface area contributed by atoms with Gasteiger partial charge in [0, 0.05) is 13.0 Å². The van der Waals surface area contributed by atoms with Crippen molar-refractivity contribution in [3.63, 3.8) is 0 Å². The van der Waals surface area contributed by atoms with Crippen LogP contribution in [-0.2, 0) is 14.8 Å². The maximum absolute atomic E-state index is 13.0. The van der Waals surface area contributed by atoms with Crippen molar-refractivity contribution in [3.05, 3.63) is 53.6 Å². The first-order chi connectivity index (χ1) is 11.2. The molecular weight excluding hydrogens is 348 g/mol. The molecule has 0 heterocycles. The first-order valence-corrected chi connectivity index (χ1v) is 9.22. The van der Waals surface area contributed by atoms with Crippen LogP contribution in [0.4, 0.5) is 11.4 Å². The largest absolute Gasteiger partial charge is 0.325 e. The standard InChI is InChI=1S/C17H19ClN2O3S/c1-12(2)20(14-7-5-4-6-8-14)24(22,23)15-9-10-17(16(18)11-15)19-13(3)21/h4-12H,1-3H3,(H,19,21). The fourth-order valence-corrected chi connectivity index (χ4v) is 4.33. The molecule has 0 aliphatic carbocycles. The number of halogens is 1. The Labute approximate surface area is 147 Å². The molecule has 24 heavy (non-hydrogen) atoms. The number of rotatable bonds is 5. The monoisotopic (exact) mass is 366 g/mol. The third-order valence-corrected chi connectivity index (χ3v) is 5.60. The van der Waals surface area contributed by atoms with Gasteiger partial charge in [0.05, 0.1) is 21.3 Å². The van der Waals surface area contributed by atoms with Gasteiger partial charge in [0.25, 0.3) is 10.0 Å². The van der Waals surface area contributed by atoms with Crippen LogP contribution in [0.15, 0.2) is 53.4 Å². The maximum Gasteiger partial charge on any atom is 0.264 e. The molecule has 0 aromatic heterocycles. The summed E-state index contributed by atoms with van der Waals surface area (Å²) in [5, 5.41) is 2.73. The summed E-state index contributed by atoms with van der Waals surface area (Å²) in [6.45, 7) is 4.96. The first kappa shape index (κ1) is 18.3. The van der Waals surface area contributed by atoms with E-state index in [0.717, 1.165) is 0 Å². The zero-order chi connectivity index (χ0) is 17.9. The van der Waals surface area contributed by atoms with Gasteiger partial charge >= 0.3 is 0 Å². The normalized spacial score (nSPS) is 11.4. The van der Waals surface area contributed by atoms with E-state index in [1.165, 1.54) is 29.4 Å². The summed E-state index contributed by atoms with van der Waals surface area (Å²) in [7, 11) is -3.78. The summed E-state index contributed by atoms with van der Waals surface area (Å²) >= 11 is 6.11. The minimum Gasteiger partial charge on any atom is -0.325 e. The molecule has 0 aliphatic heterocycles. The molecule has 0 bridgehead atoms. The fraction of sp³-hybridized carbons (Fsp3) is 0.235. The number of nitrogens with one attached hydrogen (secondary N) is 1. The highest BCUT2D eigenvalue weighted by Crippen LogP contribution is 2.30. The van der Waals surface area contributed by atoms with E-state index in [4.69, 9.17) is 11.6 Å². The summed E-state index contributed by atoms with van der Waals surface area (Å²) in [5.41, 5.74) is 0.952. The van der Waals surface area contributed by atoms with Crippen LogP contribution in [0.2, 0.25) is 5.02 Å². The minimum absolute atomic E-state index is 0.0687. The van der Waals surface area contributed by atoms with Gasteiger partial charge in [-0.2, -0.15) is 0 Å². The first-order valence-electron chi connectivity index (χ1n) is 7.40. The molecule has 0 radical (unpaired) electrons. The van der Waals surface area contributed by atoms with Crippen molar-refractivity contribution in [1.82, 2.24) is 0 Å². The van der Waals surface area contributed by atoms with Crippen LogP contribution in [-0.4, -0.2) is 20.4 Å². The number of hydrogen-bond acceptors (Lipinski definition) is 3. The van der Waals surface area contributed by atoms with E-state index < -0.39 is 10.0 Å². The van der Waals surface area contributed by atoms with Crippen LogP contribution in [0.5, 0.6) is 0 Å². The number of para-hydroxylation sites is 1. The van der Waals surface area contributed by atoms with E-state index in [1.54, 1.807) is 38.1 Å². The summed E-state index contributed by atoms with van der Waals surface area (Å²) in [6, 6.07) is 12.9. The molecule has 2 aromatic carbocycles. The minimum atomic E-state index is -3.78. The lowest BCUT2D eigenvalue weighted by Crippen LogP contribution is -2.37. The van der Waals surface area contributed by atoms with Crippen molar-refractivity contribution in [3.8, 4) is 0 Å². The Balaban J connectivity index is 2.48. The number of benzene rings is 2. The predicted octanol–water partition coefficient (Wildman–Crippen LogP) is 3.90. The molecule has 2 rings (SSSR count). The molecule has 7 heteroatoms. The van der Waals surface area contributed by atoms with Crippen molar-refractivity contribution in [2.75, 3.05) is 9.62 Å². The molecule has 0 aliphatic rings. The maximum atomic E-state index is 13.0. The van der Waals surface area contributed by atoms with E-state index in [9.17, 15) is 13.2 Å². The van der Waals surface area contributed by atoms with E-state index in [-0.39, 0.29) is 21.9 Å². The van der Waals surface area contributed by atoms with Gasteiger partial charge in [0.15, 0.2) is 0 Å². The molecule has 0 saturated heterocycles. The SMILES string of the molecule is CC(=O)Nc1ccc(S(=O)(=O)N(c2ccccc2)C(C)C)cc1Cl. The van der Waals surface area contributed by atoms with Crippen LogP contribution in [0.25, 0.3) is 0 Å². The van der Waals surface area contributed by atoms with Gasteiger partial charge in [-0.25, -0.2) is 8.42 Å². The Morgan fingerprint density at radius 2 is 1.75 bits per heavy atom. The Hall–Kier alpha value is -2.05. The third-order valence-electron chi connectivity index (χ3n) is 3.29. The topological polar surface area (TPSA) is 66.5 Å². The molecule has 2 aromatic rings. The highest BCUT2D eigenvalue weighted by atomic mass is 35.5. The van der Waals surface area contributed by atoms with Crippen molar-refractivity contribution >= 4 is 38.9 Å². The molecule has 1 N–H and O–H groups in total. The van der Waals surface area contributed by atoms with Crippen LogP contribution >= 0.6 is 11.6 Å². The van der Waals surface area contributed by atoms with Crippen molar-refractivity contribution in [1.29, 1.82) is 0 Å².